The zero-order chi connectivity index (χ0) is 12.6. The fourth-order valence-electron chi connectivity index (χ4n) is 2.85. The van der Waals surface area contributed by atoms with E-state index in [1.54, 1.807) is 0 Å². The van der Waals surface area contributed by atoms with Gasteiger partial charge in [-0.2, -0.15) is 0 Å². The van der Waals surface area contributed by atoms with Crippen LogP contribution in [-0.4, -0.2) is 38.1 Å². The zero-order valence-electron chi connectivity index (χ0n) is 11.6. The van der Waals surface area contributed by atoms with Crippen LogP contribution in [0.15, 0.2) is 30.3 Å². The summed E-state index contributed by atoms with van der Waals surface area (Å²) in [7, 11) is 2.03. The van der Waals surface area contributed by atoms with Crippen molar-refractivity contribution in [3.8, 4) is 0 Å². The van der Waals surface area contributed by atoms with Crippen molar-refractivity contribution in [1.29, 1.82) is 0 Å². The minimum absolute atomic E-state index is 0.767. The van der Waals surface area contributed by atoms with Gasteiger partial charge in [0.1, 0.15) is 0 Å². The van der Waals surface area contributed by atoms with Crippen LogP contribution in [0.3, 0.4) is 0 Å². The van der Waals surface area contributed by atoms with Gasteiger partial charge in [-0.3, -0.25) is 0 Å². The van der Waals surface area contributed by atoms with Gasteiger partial charge in [-0.15, -0.1) is 0 Å². The molecule has 100 valence electrons. The molecular weight excluding hydrogens is 220 g/mol. The Bertz CT molecular complexity index is 323. The van der Waals surface area contributed by atoms with Gasteiger partial charge < -0.3 is 10.2 Å². The molecule has 1 aliphatic rings. The molecule has 2 nitrogen and oxygen atoms in total. The number of rotatable bonds is 7. The number of likely N-dealkylation sites (tertiary alicyclic amines) is 1. The van der Waals surface area contributed by atoms with Crippen molar-refractivity contribution in [2.75, 3.05) is 33.2 Å². The minimum atomic E-state index is 0.767. The summed E-state index contributed by atoms with van der Waals surface area (Å²) >= 11 is 0. The Morgan fingerprint density at radius 2 is 2.00 bits per heavy atom. The number of hydrogen-bond acceptors (Lipinski definition) is 2. The maximum Gasteiger partial charge on any atom is 0.00507 e. The van der Waals surface area contributed by atoms with E-state index >= 15 is 0 Å². The van der Waals surface area contributed by atoms with Crippen LogP contribution in [0.4, 0.5) is 0 Å². The molecule has 2 rings (SSSR count). The molecule has 1 atom stereocenters. The Hall–Kier alpha value is -0.860. The summed E-state index contributed by atoms with van der Waals surface area (Å²) in [4.78, 5) is 2.64. The molecule has 1 saturated heterocycles. The third-order valence-electron chi connectivity index (χ3n) is 3.94. The highest BCUT2D eigenvalue weighted by Gasteiger charge is 2.22. The summed E-state index contributed by atoms with van der Waals surface area (Å²) in [6, 6.07) is 11.0. The lowest BCUT2D eigenvalue weighted by Crippen LogP contribution is -2.21. The second-order valence-corrected chi connectivity index (χ2v) is 5.36. The van der Waals surface area contributed by atoms with E-state index in [9.17, 15) is 0 Å². The first-order valence-corrected chi connectivity index (χ1v) is 7.32. The third-order valence-corrected chi connectivity index (χ3v) is 3.94. The Labute approximate surface area is 111 Å². The maximum absolute atomic E-state index is 3.21. The zero-order valence-corrected chi connectivity index (χ0v) is 11.6. The van der Waals surface area contributed by atoms with Gasteiger partial charge in [-0.1, -0.05) is 36.8 Å². The van der Waals surface area contributed by atoms with Gasteiger partial charge in [-0.05, 0) is 57.4 Å². The predicted octanol–water partition coefficient (Wildman–Crippen LogP) is 2.87. The lowest BCUT2D eigenvalue weighted by atomic mass is 9.99. The second-order valence-electron chi connectivity index (χ2n) is 5.36. The highest BCUT2D eigenvalue weighted by molar-refractivity contribution is 5.20. The van der Waals surface area contributed by atoms with Gasteiger partial charge in [0.2, 0.25) is 0 Å². The summed E-state index contributed by atoms with van der Waals surface area (Å²) in [5.41, 5.74) is 1.52. The van der Waals surface area contributed by atoms with E-state index in [1.807, 2.05) is 7.05 Å². The summed E-state index contributed by atoms with van der Waals surface area (Å²) in [5, 5.41) is 3.21. The van der Waals surface area contributed by atoms with E-state index in [2.05, 4.69) is 40.5 Å². The number of benzene rings is 1. The number of unbranched alkanes of at least 4 members (excludes halogenated alkanes) is 2. The average molecular weight is 246 g/mol. The molecule has 1 N–H and O–H groups in total. The summed E-state index contributed by atoms with van der Waals surface area (Å²) in [6.07, 6.45) is 5.35. The maximum atomic E-state index is 3.21. The topological polar surface area (TPSA) is 15.3 Å². The van der Waals surface area contributed by atoms with Crippen molar-refractivity contribution in [2.24, 2.45) is 0 Å². The van der Waals surface area contributed by atoms with Gasteiger partial charge in [0.05, 0.1) is 0 Å². The lowest BCUT2D eigenvalue weighted by molar-refractivity contribution is 0.324. The fraction of sp³-hybridized carbons (Fsp3) is 0.625. The van der Waals surface area contributed by atoms with E-state index in [1.165, 1.54) is 50.9 Å². The Balaban J connectivity index is 1.66. The normalized spacial score (nSPS) is 20.4. The van der Waals surface area contributed by atoms with Crippen LogP contribution in [0.2, 0.25) is 0 Å². The number of nitrogens with one attached hydrogen (secondary N) is 1. The van der Waals surface area contributed by atoms with Crippen LogP contribution in [0.5, 0.6) is 0 Å². The van der Waals surface area contributed by atoms with Crippen molar-refractivity contribution in [3.63, 3.8) is 0 Å². The van der Waals surface area contributed by atoms with Gasteiger partial charge in [0.25, 0.3) is 0 Å². The number of hydrogen-bond donors (Lipinski definition) is 1. The first-order valence-electron chi connectivity index (χ1n) is 7.32. The van der Waals surface area contributed by atoms with Crippen LogP contribution < -0.4 is 5.32 Å². The lowest BCUT2D eigenvalue weighted by Gasteiger charge is -2.16. The molecule has 1 fully saturated rings. The monoisotopic (exact) mass is 246 g/mol. The highest BCUT2D eigenvalue weighted by Crippen LogP contribution is 2.26. The van der Waals surface area contributed by atoms with E-state index < -0.39 is 0 Å². The van der Waals surface area contributed by atoms with Crippen molar-refractivity contribution in [3.05, 3.63) is 35.9 Å². The minimum Gasteiger partial charge on any atom is -0.320 e. The van der Waals surface area contributed by atoms with Crippen molar-refractivity contribution < 1.29 is 0 Å². The van der Waals surface area contributed by atoms with Gasteiger partial charge in [-0.25, -0.2) is 0 Å². The Morgan fingerprint density at radius 3 is 2.78 bits per heavy atom. The first kappa shape index (κ1) is 13.6. The molecule has 0 aliphatic carbocycles. The second kappa shape index (κ2) is 7.55. The smallest absolute Gasteiger partial charge is 0.00507 e. The molecule has 18 heavy (non-hydrogen) atoms. The molecule has 1 aromatic carbocycles. The molecule has 0 radical (unpaired) electrons. The molecule has 1 unspecified atom stereocenters. The van der Waals surface area contributed by atoms with Crippen LogP contribution in [0.1, 0.15) is 37.2 Å². The standard InChI is InChI=1S/C16H26N2/c1-17-11-6-3-7-12-18-13-10-16(14-18)15-8-4-2-5-9-15/h2,4-5,8-9,16-17H,3,6-7,10-14H2,1H3. The van der Waals surface area contributed by atoms with Crippen molar-refractivity contribution in [1.82, 2.24) is 10.2 Å². The molecule has 0 bridgehead atoms. The van der Waals surface area contributed by atoms with Crippen molar-refractivity contribution >= 4 is 0 Å². The van der Waals surface area contributed by atoms with E-state index in [0.717, 1.165) is 12.5 Å². The molecule has 1 heterocycles. The molecule has 0 spiro atoms. The number of nitrogens with zero attached hydrogens (tertiary/aromatic N) is 1. The van der Waals surface area contributed by atoms with E-state index in [4.69, 9.17) is 0 Å². The predicted molar refractivity (Wildman–Crippen MR) is 78.0 cm³/mol. The van der Waals surface area contributed by atoms with Gasteiger partial charge >= 0.3 is 0 Å². The van der Waals surface area contributed by atoms with Crippen LogP contribution in [0, 0.1) is 0 Å². The van der Waals surface area contributed by atoms with Gasteiger partial charge in [0.15, 0.2) is 0 Å². The SMILES string of the molecule is CNCCCCCN1CCC(c2ccccc2)C1. The average Bonchev–Trinajstić information content (AvgIpc) is 2.88. The fourth-order valence-corrected chi connectivity index (χ4v) is 2.85. The summed E-state index contributed by atoms with van der Waals surface area (Å²) < 4.78 is 0. The molecule has 1 aromatic rings. The molecule has 0 aromatic heterocycles. The third kappa shape index (κ3) is 4.11. The Morgan fingerprint density at radius 1 is 1.17 bits per heavy atom. The molecule has 0 amide bonds. The quantitative estimate of drug-likeness (QED) is 0.744. The molecule has 1 aliphatic heterocycles. The largest absolute Gasteiger partial charge is 0.320 e. The summed E-state index contributed by atoms with van der Waals surface area (Å²) in [6.45, 7) is 4.99. The molecule has 2 heteroatoms. The summed E-state index contributed by atoms with van der Waals surface area (Å²) in [5.74, 6) is 0.767. The highest BCUT2D eigenvalue weighted by atomic mass is 15.1. The van der Waals surface area contributed by atoms with Gasteiger partial charge in [0, 0.05) is 6.54 Å². The van der Waals surface area contributed by atoms with E-state index in [-0.39, 0.29) is 0 Å². The van der Waals surface area contributed by atoms with Crippen LogP contribution in [0.25, 0.3) is 0 Å². The van der Waals surface area contributed by atoms with E-state index in [0.29, 0.717) is 0 Å². The first-order chi connectivity index (χ1) is 8.90. The Kier molecular flexibility index (Phi) is 5.69. The van der Waals surface area contributed by atoms with Crippen LogP contribution in [-0.2, 0) is 0 Å². The molecular formula is C16H26N2. The van der Waals surface area contributed by atoms with Crippen molar-refractivity contribution in [2.45, 2.75) is 31.6 Å². The molecule has 0 saturated carbocycles. The van der Waals surface area contributed by atoms with Crippen LogP contribution >= 0.6 is 0 Å².